The number of hydrogen-bond acceptors (Lipinski definition) is 2. The second kappa shape index (κ2) is 5.33. The van der Waals surface area contributed by atoms with Gasteiger partial charge in [0.25, 0.3) is 0 Å². The van der Waals surface area contributed by atoms with E-state index >= 15 is 0 Å². The van der Waals surface area contributed by atoms with Crippen LogP contribution < -0.4 is 5.32 Å². The zero-order chi connectivity index (χ0) is 7.40. The van der Waals surface area contributed by atoms with Crippen LogP contribution in [-0.4, -0.2) is 18.9 Å². The summed E-state index contributed by atoms with van der Waals surface area (Å²) >= 11 is 0. The molecule has 0 radical (unpaired) electrons. The van der Waals surface area contributed by atoms with Gasteiger partial charge in [-0.1, -0.05) is 13.0 Å². The van der Waals surface area contributed by atoms with Crippen molar-refractivity contribution in [3.63, 3.8) is 0 Å². The lowest BCUT2D eigenvalue weighted by atomic mass is 10.1. The maximum absolute atomic E-state index is 11.1. The zero-order valence-electron chi connectivity index (χ0n) is 6.72. The smallest absolute Gasteiger partial charge is 0.159 e. The minimum absolute atomic E-state index is 0. The number of carbonyl (C=O) groups is 1. The normalized spacial score (nSPS) is 16.6. The SMILES string of the molecule is CCC(=O)C1=CCCNC1.Cl. The van der Waals surface area contributed by atoms with Crippen molar-refractivity contribution < 1.29 is 4.79 Å². The number of ketones is 1. The van der Waals surface area contributed by atoms with Crippen molar-refractivity contribution in [1.82, 2.24) is 5.32 Å². The van der Waals surface area contributed by atoms with Gasteiger partial charge in [-0.2, -0.15) is 0 Å². The van der Waals surface area contributed by atoms with Gasteiger partial charge in [-0.05, 0) is 13.0 Å². The van der Waals surface area contributed by atoms with Crippen LogP contribution in [0.1, 0.15) is 19.8 Å². The average Bonchev–Trinajstić information content (AvgIpc) is 2.05. The Hall–Kier alpha value is -0.340. The zero-order valence-corrected chi connectivity index (χ0v) is 7.54. The van der Waals surface area contributed by atoms with Gasteiger partial charge in [-0.15, -0.1) is 12.4 Å². The molecule has 0 bridgehead atoms. The lowest BCUT2D eigenvalue weighted by Crippen LogP contribution is -2.25. The molecule has 0 amide bonds. The van der Waals surface area contributed by atoms with E-state index in [2.05, 4.69) is 5.32 Å². The molecule has 0 fully saturated rings. The summed E-state index contributed by atoms with van der Waals surface area (Å²) in [5, 5.41) is 3.16. The molecule has 3 heteroatoms. The highest BCUT2D eigenvalue weighted by atomic mass is 35.5. The van der Waals surface area contributed by atoms with Crippen LogP contribution in [0.5, 0.6) is 0 Å². The van der Waals surface area contributed by atoms with Crippen LogP contribution in [0.15, 0.2) is 11.6 Å². The van der Waals surface area contributed by atoms with E-state index in [1.54, 1.807) is 0 Å². The third-order valence-electron chi connectivity index (χ3n) is 1.71. The summed E-state index contributed by atoms with van der Waals surface area (Å²) in [6.45, 7) is 3.69. The Morgan fingerprint density at radius 2 is 2.45 bits per heavy atom. The molecule has 0 aliphatic carbocycles. The van der Waals surface area contributed by atoms with Crippen molar-refractivity contribution in [1.29, 1.82) is 0 Å². The van der Waals surface area contributed by atoms with E-state index in [1.165, 1.54) is 0 Å². The molecule has 11 heavy (non-hydrogen) atoms. The molecule has 1 aliphatic rings. The first-order valence-electron chi connectivity index (χ1n) is 3.77. The summed E-state index contributed by atoms with van der Waals surface area (Å²) in [4.78, 5) is 11.1. The fraction of sp³-hybridized carbons (Fsp3) is 0.625. The van der Waals surface area contributed by atoms with Gasteiger partial charge in [0.1, 0.15) is 0 Å². The lowest BCUT2D eigenvalue weighted by molar-refractivity contribution is -0.115. The Bertz CT molecular complexity index is 165. The average molecular weight is 176 g/mol. The number of Topliss-reactive ketones (excluding diaryl/α,β-unsaturated/α-hetero) is 1. The molecule has 0 spiro atoms. The molecule has 1 aliphatic heterocycles. The van der Waals surface area contributed by atoms with Gasteiger partial charge in [0.05, 0.1) is 0 Å². The Morgan fingerprint density at radius 1 is 1.73 bits per heavy atom. The Kier molecular flexibility index (Phi) is 5.16. The molecule has 1 heterocycles. The first kappa shape index (κ1) is 10.7. The maximum atomic E-state index is 11.1. The fourth-order valence-electron chi connectivity index (χ4n) is 1.08. The molecule has 1 N–H and O–H groups in total. The number of carbonyl (C=O) groups excluding carboxylic acids is 1. The molecule has 0 aromatic heterocycles. The second-order valence-corrected chi connectivity index (χ2v) is 2.47. The largest absolute Gasteiger partial charge is 0.312 e. The first-order chi connectivity index (χ1) is 4.84. The number of hydrogen-bond donors (Lipinski definition) is 1. The maximum Gasteiger partial charge on any atom is 0.159 e. The monoisotopic (exact) mass is 175 g/mol. The number of halogens is 1. The predicted octanol–water partition coefficient (Wildman–Crippen LogP) is 1.31. The van der Waals surface area contributed by atoms with E-state index in [-0.39, 0.29) is 18.2 Å². The number of nitrogens with one attached hydrogen (secondary N) is 1. The summed E-state index contributed by atoms with van der Waals surface area (Å²) in [6, 6.07) is 0. The van der Waals surface area contributed by atoms with E-state index in [1.807, 2.05) is 13.0 Å². The minimum atomic E-state index is 0. The quantitative estimate of drug-likeness (QED) is 0.686. The van der Waals surface area contributed by atoms with Gasteiger partial charge in [0.15, 0.2) is 5.78 Å². The van der Waals surface area contributed by atoms with Crippen molar-refractivity contribution in [2.45, 2.75) is 19.8 Å². The van der Waals surface area contributed by atoms with Crippen molar-refractivity contribution in [3.05, 3.63) is 11.6 Å². The highest BCUT2D eigenvalue weighted by Gasteiger charge is 2.08. The van der Waals surface area contributed by atoms with Gasteiger partial charge < -0.3 is 5.32 Å². The molecule has 64 valence electrons. The summed E-state index contributed by atoms with van der Waals surface area (Å²) in [5.74, 6) is 0.284. The number of rotatable bonds is 2. The second-order valence-electron chi connectivity index (χ2n) is 2.47. The molecule has 0 atom stereocenters. The first-order valence-corrected chi connectivity index (χ1v) is 3.77. The summed E-state index contributed by atoms with van der Waals surface area (Å²) in [5.41, 5.74) is 0.966. The van der Waals surface area contributed by atoms with Crippen LogP contribution in [0.4, 0.5) is 0 Å². The summed E-state index contributed by atoms with van der Waals surface area (Å²) in [6.07, 6.45) is 3.68. The van der Waals surface area contributed by atoms with Crippen LogP contribution in [0.2, 0.25) is 0 Å². The summed E-state index contributed by atoms with van der Waals surface area (Å²) in [7, 11) is 0. The molecule has 1 rings (SSSR count). The fourth-order valence-corrected chi connectivity index (χ4v) is 1.08. The molecule has 0 aromatic rings. The third-order valence-corrected chi connectivity index (χ3v) is 1.71. The van der Waals surface area contributed by atoms with E-state index in [9.17, 15) is 4.79 Å². The van der Waals surface area contributed by atoms with Crippen LogP contribution in [0.3, 0.4) is 0 Å². The topological polar surface area (TPSA) is 29.1 Å². The molecule has 0 saturated carbocycles. The molecular formula is C8H14ClNO. The van der Waals surface area contributed by atoms with Gasteiger partial charge in [0, 0.05) is 18.5 Å². The van der Waals surface area contributed by atoms with Crippen LogP contribution >= 0.6 is 12.4 Å². The molecular weight excluding hydrogens is 162 g/mol. The van der Waals surface area contributed by atoms with Gasteiger partial charge in [0.2, 0.25) is 0 Å². The van der Waals surface area contributed by atoms with Crippen molar-refractivity contribution in [3.8, 4) is 0 Å². The molecule has 0 unspecified atom stereocenters. The lowest BCUT2D eigenvalue weighted by Gasteiger charge is -2.11. The third kappa shape index (κ3) is 3.04. The van der Waals surface area contributed by atoms with Gasteiger partial charge >= 0.3 is 0 Å². The van der Waals surface area contributed by atoms with Gasteiger partial charge in [-0.3, -0.25) is 4.79 Å². The van der Waals surface area contributed by atoms with E-state index in [4.69, 9.17) is 0 Å². The standard InChI is InChI=1S/C8H13NO.ClH/c1-2-8(10)7-4-3-5-9-6-7;/h4,9H,2-3,5-6H2,1H3;1H. The van der Waals surface area contributed by atoms with E-state index in [0.717, 1.165) is 25.1 Å². The molecule has 0 aromatic carbocycles. The van der Waals surface area contributed by atoms with Crippen molar-refractivity contribution in [2.75, 3.05) is 13.1 Å². The van der Waals surface area contributed by atoms with E-state index < -0.39 is 0 Å². The minimum Gasteiger partial charge on any atom is -0.312 e. The van der Waals surface area contributed by atoms with Crippen LogP contribution in [0, 0.1) is 0 Å². The Balaban J connectivity index is 0.000001000. The molecule has 0 saturated heterocycles. The van der Waals surface area contributed by atoms with E-state index in [0.29, 0.717) is 6.42 Å². The van der Waals surface area contributed by atoms with Crippen LogP contribution in [-0.2, 0) is 4.79 Å². The van der Waals surface area contributed by atoms with Crippen molar-refractivity contribution in [2.24, 2.45) is 0 Å². The summed E-state index contributed by atoms with van der Waals surface area (Å²) < 4.78 is 0. The van der Waals surface area contributed by atoms with Crippen molar-refractivity contribution >= 4 is 18.2 Å². The van der Waals surface area contributed by atoms with Crippen LogP contribution in [0.25, 0.3) is 0 Å². The van der Waals surface area contributed by atoms with Gasteiger partial charge in [-0.25, -0.2) is 0 Å². The predicted molar refractivity (Wildman–Crippen MR) is 48.1 cm³/mol. The Morgan fingerprint density at radius 3 is 2.91 bits per heavy atom. The highest BCUT2D eigenvalue weighted by molar-refractivity contribution is 5.95. The molecule has 2 nitrogen and oxygen atoms in total. The highest BCUT2D eigenvalue weighted by Crippen LogP contribution is 2.03. The Labute approximate surface area is 73.5 Å².